The maximum Gasteiger partial charge on any atom is 0.354 e. The van der Waals surface area contributed by atoms with Crippen molar-refractivity contribution < 1.29 is 27.1 Å². The van der Waals surface area contributed by atoms with Crippen molar-refractivity contribution in [2.45, 2.75) is 18.7 Å². The summed E-state index contributed by atoms with van der Waals surface area (Å²) in [6, 6.07) is 10.3. The van der Waals surface area contributed by atoms with Crippen LogP contribution in [0.4, 0.5) is 11.4 Å². The average molecular weight is 407 g/mol. The van der Waals surface area contributed by atoms with Gasteiger partial charge in [-0.15, -0.1) is 0 Å². The van der Waals surface area contributed by atoms with Gasteiger partial charge in [0.15, 0.2) is 5.75 Å². The molecule has 0 saturated carbocycles. The molecule has 1 N–H and O–H groups in total. The maximum atomic E-state index is 12.4. The van der Waals surface area contributed by atoms with E-state index in [0.29, 0.717) is 0 Å². The first-order chi connectivity index (χ1) is 13.2. The summed E-state index contributed by atoms with van der Waals surface area (Å²) in [5.74, 6) is -0.687. The zero-order chi connectivity index (χ0) is 20.7. The van der Waals surface area contributed by atoms with Crippen LogP contribution in [0.3, 0.4) is 0 Å². The minimum atomic E-state index is -4.24. The summed E-state index contributed by atoms with van der Waals surface area (Å²) in [5.41, 5.74) is 2.54. The summed E-state index contributed by atoms with van der Waals surface area (Å²) < 4.78 is 34.8. The largest absolute Gasteiger partial charge is 0.461 e. The van der Waals surface area contributed by atoms with E-state index in [2.05, 4.69) is 10.5 Å². The number of carbonyl (C=O) groups excluding carboxylic acids is 1. The van der Waals surface area contributed by atoms with E-state index >= 15 is 0 Å². The molecule has 148 valence electrons. The van der Waals surface area contributed by atoms with Crippen LogP contribution in [0.1, 0.15) is 13.8 Å². The second-order valence-corrected chi connectivity index (χ2v) is 6.86. The summed E-state index contributed by atoms with van der Waals surface area (Å²) >= 11 is 0. The molecule has 11 heteroatoms. The maximum absolute atomic E-state index is 12.4. The zero-order valence-corrected chi connectivity index (χ0v) is 15.8. The van der Waals surface area contributed by atoms with E-state index in [0.717, 1.165) is 24.3 Å². The third-order valence-corrected chi connectivity index (χ3v) is 4.59. The molecule has 0 saturated heterocycles. The highest BCUT2D eigenvalue weighted by molar-refractivity contribution is 7.87. The van der Waals surface area contributed by atoms with E-state index in [1.165, 1.54) is 19.1 Å². The van der Waals surface area contributed by atoms with Gasteiger partial charge in [-0.1, -0.05) is 12.1 Å². The number of non-ortho nitro benzene ring substituents is 1. The number of nitrogens with one attached hydrogen (secondary N) is 1. The highest BCUT2D eigenvalue weighted by Crippen LogP contribution is 2.28. The average Bonchev–Trinajstić information content (AvgIpc) is 2.67. The molecular formula is C17H17N3O7S. The number of carbonyl (C=O) groups is 1. The molecule has 2 aromatic rings. The van der Waals surface area contributed by atoms with Gasteiger partial charge in [0.05, 0.1) is 17.2 Å². The number of hydrogen-bond acceptors (Lipinski definition) is 9. The van der Waals surface area contributed by atoms with Gasteiger partial charge in [-0.25, -0.2) is 4.79 Å². The summed E-state index contributed by atoms with van der Waals surface area (Å²) in [6.07, 6.45) is 0. The van der Waals surface area contributed by atoms with Crippen LogP contribution in [0.5, 0.6) is 5.75 Å². The number of ether oxygens (including phenoxy) is 1. The second-order valence-electron chi connectivity index (χ2n) is 5.31. The Hall–Kier alpha value is -3.47. The fourth-order valence-corrected chi connectivity index (χ4v) is 2.91. The van der Waals surface area contributed by atoms with Crippen LogP contribution >= 0.6 is 0 Å². The molecule has 0 aliphatic carbocycles. The molecule has 2 aromatic carbocycles. The van der Waals surface area contributed by atoms with E-state index in [-0.39, 0.29) is 34.3 Å². The normalized spacial score (nSPS) is 11.6. The Kier molecular flexibility index (Phi) is 6.66. The Morgan fingerprint density at radius 2 is 1.82 bits per heavy atom. The Balaban J connectivity index is 2.23. The third-order valence-electron chi connectivity index (χ3n) is 3.34. The predicted molar refractivity (Wildman–Crippen MR) is 101 cm³/mol. The van der Waals surface area contributed by atoms with Crippen LogP contribution < -0.4 is 9.61 Å². The number of nitrogens with zero attached hydrogens (tertiary/aromatic N) is 2. The fourth-order valence-electron chi connectivity index (χ4n) is 1.96. The molecule has 0 aliphatic rings. The molecule has 0 bridgehead atoms. The number of anilines is 1. The third kappa shape index (κ3) is 5.27. The van der Waals surface area contributed by atoms with Crippen LogP contribution in [0.25, 0.3) is 0 Å². The zero-order valence-electron chi connectivity index (χ0n) is 15.0. The summed E-state index contributed by atoms with van der Waals surface area (Å²) in [4.78, 5) is 21.4. The Bertz CT molecular complexity index is 1000. The molecule has 10 nitrogen and oxygen atoms in total. The first kappa shape index (κ1) is 20.8. The quantitative estimate of drug-likeness (QED) is 0.232. The first-order valence-corrected chi connectivity index (χ1v) is 9.41. The van der Waals surface area contributed by atoms with Crippen LogP contribution in [-0.4, -0.2) is 31.6 Å². The van der Waals surface area contributed by atoms with E-state index in [9.17, 15) is 23.3 Å². The van der Waals surface area contributed by atoms with E-state index in [1.807, 2.05) is 0 Å². The van der Waals surface area contributed by atoms with Gasteiger partial charge in [-0.2, -0.15) is 13.5 Å². The van der Waals surface area contributed by atoms with Gasteiger partial charge in [-0.3, -0.25) is 15.5 Å². The van der Waals surface area contributed by atoms with Gasteiger partial charge < -0.3 is 8.92 Å². The lowest BCUT2D eigenvalue weighted by atomic mass is 10.3. The summed E-state index contributed by atoms with van der Waals surface area (Å²) in [5, 5.41) is 14.5. The van der Waals surface area contributed by atoms with Gasteiger partial charge in [0.2, 0.25) is 0 Å². The Labute approximate surface area is 161 Å². The number of benzene rings is 2. The lowest BCUT2D eigenvalue weighted by Gasteiger charge is -2.11. The van der Waals surface area contributed by atoms with Gasteiger partial charge >= 0.3 is 16.1 Å². The molecule has 0 aromatic heterocycles. The van der Waals surface area contributed by atoms with Gasteiger partial charge in [-0.05, 0) is 38.1 Å². The van der Waals surface area contributed by atoms with Gasteiger partial charge in [0, 0.05) is 12.1 Å². The monoisotopic (exact) mass is 407 g/mol. The van der Waals surface area contributed by atoms with Crippen molar-refractivity contribution in [2.75, 3.05) is 12.0 Å². The number of esters is 1. The van der Waals surface area contributed by atoms with E-state index < -0.39 is 21.0 Å². The highest BCUT2D eigenvalue weighted by atomic mass is 32.2. The molecule has 0 atom stereocenters. The molecule has 0 aliphatic heterocycles. The standard InChI is InChI=1S/C17H17N3O7S/c1-3-26-17(21)12(2)18-19-15-6-4-5-7-16(15)27-28(24,25)14-10-8-13(9-11-14)20(22)23/h4-11,19H,3H2,1-2H3/b18-12+. The number of nitro groups is 1. The van der Waals surface area contributed by atoms with Crippen molar-refractivity contribution >= 4 is 33.2 Å². The SMILES string of the molecule is CCOC(=O)/C(C)=N/Nc1ccccc1OS(=O)(=O)c1ccc([N+](=O)[O-])cc1. The second kappa shape index (κ2) is 8.95. The molecule has 0 spiro atoms. The number of hydrogen-bond donors (Lipinski definition) is 1. The highest BCUT2D eigenvalue weighted by Gasteiger charge is 2.20. The molecule has 0 unspecified atom stereocenters. The van der Waals surface area contributed by atoms with Gasteiger partial charge in [0.25, 0.3) is 5.69 Å². The molecule has 2 rings (SSSR count). The van der Waals surface area contributed by atoms with Crippen molar-refractivity contribution in [2.24, 2.45) is 5.10 Å². The predicted octanol–water partition coefficient (Wildman–Crippen LogP) is 2.71. The summed E-state index contributed by atoms with van der Waals surface area (Å²) in [7, 11) is -4.24. The smallest absolute Gasteiger partial charge is 0.354 e. The van der Waals surface area contributed by atoms with Crippen LogP contribution in [-0.2, 0) is 19.6 Å². The summed E-state index contributed by atoms with van der Waals surface area (Å²) in [6.45, 7) is 3.28. The Morgan fingerprint density at radius 3 is 2.43 bits per heavy atom. The number of para-hydroxylation sites is 2. The van der Waals surface area contributed by atoms with Crippen molar-refractivity contribution in [1.82, 2.24) is 0 Å². The number of nitro benzene ring substituents is 1. The van der Waals surface area contributed by atoms with Crippen molar-refractivity contribution in [3.63, 3.8) is 0 Å². The molecular weight excluding hydrogens is 390 g/mol. The van der Waals surface area contributed by atoms with E-state index in [4.69, 9.17) is 8.92 Å². The van der Waals surface area contributed by atoms with Crippen molar-refractivity contribution in [3.8, 4) is 5.75 Å². The molecule has 0 fully saturated rings. The minimum Gasteiger partial charge on any atom is -0.461 e. The van der Waals surface area contributed by atoms with E-state index in [1.54, 1.807) is 19.1 Å². The van der Waals surface area contributed by atoms with Crippen molar-refractivity contribution in [1.29, 1.82) is 0 Å². The molecule has 0 radical (unpaired) electrons. The first-order valence-electron chi connectivity index (χ1n) is 8.00. The topological polar surface area (TPSA) is 137 Å². The van der Waals surface area contributed by atoms with Crippen LogP contribution in [0.2, 0.25) is 0 Å². The molecule has 0 amide bonds. The van der Waals surface area contributed by atoms with Gasteiger partial charge in [0.1, 0.15) is 10.6 Å². The van der Waals surface area contributed by atoms with Crippen molar-refractivity contribution in [3.05, 3.63) is 58.6 Å². The lowest BCUT2D eigenvalue weighted by molar-refractivity contribution is -0.384. The number of rotatable bonds is 8. The Morgan fingerprint density at radius 1 is 1.18 bits per heavy atom. The molecule has 0 heterocycles. The number of hydrazone groups is 1. The lowest BCUT2D eigenvalue weighted by Crippen LogP contribution is -2.16. The molecule has 28 heavy (non-hydrogen) atoms. The van der Waals surface area contributed by atoms with Crippen LogP contribution in [0, 0.1) is 10.1 Å². The van der Waals surface area contributed by atoms with Crippen LogP contribution in [0.15, 0.2) is 58.5 Å². The fraction of sp³-hybridized carbons (Fsp3) is 0.176. The minimum absolute atomic E-state index is 0.0369.